The minimum absolute atomic E-state index is 0.0879. The lowest BCUT2D eigenvalue weighted by atomic mass is 10.0. The molecule has 2 aliphatic rings. The Morgan fingerprint density at radius 3 is 2.63 bits per heavy atom. The molecule has 0 aliphatic carbocycles. The van der Waals surface area contributed by atoms with Gasteiger partial charge < -0.3 is 39.6 Å². The summed E-state index contributed by atoms with van der Waals surface area (Å²) in [5.74, 6) is -0.740. The van der Waals surface area contributed by atoms with Crippen molar-refractivity contribution in [2.45, 2.75) is 51.2 Å². The Morgan fingerprint density at radius 1 is 1.30 bits per heavy atom. The van der Waals surface area contributed by atoms with Crippen LogP contribution in [0.2, 0.25) is 0 Å². The van der Waals surface area contributed by atoms with Crippen molar-refractivity contribution in [3.63, 3.8) is 0 Å². The maximum atomic E-state index is 10.9. The van der Waals surface area contributed by atoms with Crippen LogP contribution in [-0.2, 0) is 14.3 Å². The van der Waals surface area contributed by atoms with Crippen LogP contribution in [0.1, 0.15) is 25.0 Å². The Hall–Kier alpha value is -2.33. The highest BCUT2D eigenvalue weighted by atomic mass is 16.9. The summed E-state index contributed by atoms with van der Waals surface area (Å²) in [5, 5.41) is 33.4. The van der Waals surface area contributed by atoms with E-state index in [9.17, 15) is 20.1 Å². The molecule has 2 fully saturated rings. The molecule has 1 aromatic carbocycles. The third-order valence-electron chi connectivity index (χ3n) is 4.86. The van der Waals surface area contributed by atoms with E-state index in [1.165, 1.54) is 6.07 Å². The monoisotopic (exact) mass is 381 g/mol. The number of epoxide rings is 1. The van der Waals surface area contributed by atoms with E-state index in [0.717, 1.165) is 0 Å². The number of nitrogens with one attached hydrogen (secondary N) is 1. The zero-order chi connectivity index (χ0) is 19.9. The largest absolute Gasteiger partial charge is 0.505 e. The average molecular weight is 381 g/mol. The van der Waals surface area contributed by atoms with Crippen LogP contribution in [0.3, 0.4) is 0 Å². The molecule has 0 aromatic heterocycles. The van der Waals surface area contributed by atoms with Crippen LogP contribution in [-0.4, -0.2) is 59.2 Å². The minimum Gasteiger partial charge on any atom is -0.505 e. The number of ether oxygens (including phenoxy) is 4. The van der Waals surface area contributed by atoms with Gasteiger partial charge in [-0.2, -0.15) is 0 Å². The van der Waals surface area contributed by atoms with Crippen molar-refractivity contribution in [3.05, 3.63) is 29.0 Å². The smallest absolute Gasteiger partial charge is 0.298 e. The molecular weight excluding hydrogens is 358 g/mol. The zero-order valence-electron chi connectivity index (χ0n) is 15.4. The van der Waals surface area contributed by atoms with Gasteiger partial charge in [0.05, 0.1) is 11.3 Å². The Labute approximate surface area is 156 Å². The van der Waals surface area contributed by atoms with Crippen LogP contribution in [0.4, 0.5) is 0 Å². The van der Waals surface area contributed by atoms with Gasteiger partial charge in [0, 0.05) is 12.6 Å². The van der Waals surface area contributed by atoms with E-state index >= 15 is 0 Å². The molecule has 2 saturated heterocycles. The van der Waals surface area contributed by atoms with Crippen molar-refractivity contribution in [1.82, 2.24) is 5.32 Å². The molecule has 3 unspecified atom stereocenters. The molecule has 148 valence electrons. The summed E-state index contributed by atoms with van der Waals surface area (Å²) in [7, 11) is 1.65. The highest BCUT2D eigenvalue weighted by Gasteiger charge is 2.66. The zero-order valence-corrected chi connectivity index (χ0v) is 15.4. The van der Waals surface area contributed by atoms with Gasteiger partial charge in [-0.3, -0.25) is 4.79 Å². The molecule has 0 radical (unpaired) electrons. The molecule has 5 atom stereocenters. The molecule has 9 nitrogen and oxygen atoms in total. The quantitative estimate of drug-likeness (QED) is 0.317. The Morgan fingerprint density at radius 2 is 2.00 bits per heavy atom. The van der Waals surface area contributed by atoms with Crippen LogP contribution in [0.5, 0.6) is 11.5 Å². The number of fused-ring (bicyclic) bond motifs is 1. The SMILES string of the molecule is CN/C(C)=C(\O)c1ccc(O[C@@H]2OC3(C)O[C@@H]3C(O)C2O)c(C)c1OC=O. The molecule has 9 heteroatoms. The fourth-order valence-corrected chi connectivity index (χ4v) is 3.06. The second-order valence-electron chi connectivity index (χ2n) is 6.64. The summed E-state index contributed by atoms with van der Waals surface area (Å²) in [6, 6.07) is 3.06. The molecule has 2 aliphatic heterocycles. The van der Waals surface area contributed by atoms with Gasteiger partial charge >= 0.3 is 0 Å². The fourth-order valence-electron chi connectivity index (χ4n) is 3.06. The van der Waals surface area contributed by atoms with Crippen LogP contribution < -0.4 is 14.8 Å². The molecule has 0 amide bonds. The predicted molar refractivity (Wildman–Crippen MR) is 92.9 cm³/mol. The average Bonchev–Trinajstić information content (AvgIpc) is 3.33. The second-order valence-corrected chi connectivity index (χ2v) is 6.64. The number of allylic oxidation sites excluding steroid dienone is 1. The van der Waals surface area contributed by atoms with Gasteiger partial charge in [-0.25, -0.2) is 0 Å². The number of benzene rings is 1. The topological polar surface area (TPSA) is 130 Å². The van der Waals surface area contributed by atoms with Gasteiger partial charge in [0.25, 0.3) is 6.47 Å². The Kier molecular flexibility index (Phi) is 5.04. The summed E-state index contributed by atoms with van der Waals surface area (Å²) >= 11 is 0. The van der Waals surface area contributed by atoms with Crippen LogP contribution in [0, 0.1) is 6.92 Å². The first-order valence-electron chi connectivity index (χ1n) is 8.43. The fraction of sp³-hybridized carbons (Fsp3) is 0.500. The summed E-state index contributed by atoms with van der Waals surface area (Å²) in [6.45, 7) is 5.18. The van der Waals surface area contributed by atoms with Crippen molar-refractivity contribution in [2.24, 2.45) is 0 Å². The summed E-state index contributed by atoms with van der Waals surface area (Å²) < 4.78 is 21.6. The van der Waals surface area contributed by atoms with Crippen LogP contribution in [0.15, 0.2) is 17.8 Å². The first kappa shape index (κ1) is 19.4. The van der Waals surface area contributed by atoms with E-state index in [1.807, 2.05) is 0 Å². The molecule has 27 heavy (non-hydrogen) atoms. The Bertz CT molecular complexity index is 779. The lowest BCUT2D eigenvalue weighted by molar-refractivity contribution is -0.235. The van der Waals surface area contributed by atoms with E-state index in [0.29, 0.717) is 16.8 Å². The highest BCUT2D eigenvalue weighted by molar-refractivity contribution is 5.71. The maximum absolute atomic E-state index is 10.9. The van der Waals surface area contributed by atoms with Gasteiger partial charge in [-0.05, 0) is 32.9 Å². The maximum Gasteiger partial charge on any atom is 0.298 e. The molecule has 0 spiro atoms. The van der Waals surface area contributed by atoms with Crippen molar-refractivity contribution < 1.29 is 39.1 Å². The van der Waals surface area contributed by atoms with Crippen molar-refractivity contribution in [3.8, 4) is 11.5 Å². The van der Waals surface area contributed by atoms with E-state index in [4.69, 9.17) is 18.9 Å². The van der Waals surface area contributed by atoms with Gasteiger partial charge in [0.1, 0.15) is 35.6 Å². The van der Waals surface area contributed by atoms with E-state index in [2.05, 4.69) is 5.32 Å². The number of carbonyl (C=O) groups is 1. The second kappa shape index (κ2) is 7.01. The number of aliphatic hydroxyl groups is 3. The van der Waals surface area contributed by atoms with Crippen LogP contribution in [0.25, 0.3) is 5.76 Å². The summed E-state index contributed by atoms with van der Waals surface area (Å²) in [6.07, 6.45) is -4.25. The molecule has 0 bridgehead atoms. The predicted octanol–water partition coefficient (Wildman–Crippen LogP) is 0.568. The molecule has 1 aromatic rings. The molecule has 3 rings (SSSR count). The lowest BCUT2D eigenvalue weighted by Gasteiger charge is -2.32. The van der Waals surface area contributed by atoms with E-state index < -0.39 is 30.4 Å². The van der Waals surface area contributed by atoms with Crippen molar-refractivity contribution in [2.75, 3.05) is 7.05 Å². The van der Waals surface area contributed by atoms with Gasteiger partial charge in [-0.15, -0.1) is 0 Å². The van der Waals surface area contributed by atoms with E-state index in [1.54, 1.807) is 33.9 Å². The van der Waals surface area contributed by atoms with Gasteiger partial charge in [0.2, 0.25) is 6.29 Å². The highest BCUT2D eigenvalue weighted by Crippen LogP contribution is 2.46. The number of hydrogen-bond acceptors (Lipinski definition) is 9. The van der Waals surface area contributed by atoms with Crippen LogP contribution >= 0.6 is 0 Å². The third kappa shape index (κ3) is 3.34. The first-order valence-corrected chi connectivity index (χ1v) is 8.43. The minimum atomic E-state index is -1.32. The van der Waals surface area contributed by atoms with Crippen molar-refractivity contribution >= 4 is 12.2 Å². The lowest BCUT2D eigenvalue weighted by Crippen LogP contribution is -2.53. The van der Waals surface area contributed by atoms with Gasteiger partial charge in [-0.1, -0.05) is 0 Å². The number of carbonyl (C=O) groups excluding carboxylic acids is 1. The van der Waals surface area contributed by atoms with E-state index in [-0.39, 0.29) is 23.7 Å². The molecule has 2 heterocycles. The molecular formula is C18H23NO8. The van der Waals surface area contributed by atoms with Gasteiger partial charge in [0.15, 0.2) is 5.79 Å². The number of aliphatic hydroxyl groups excluding tert-OH is 3. The number of hydrogen-bond donors (Lipinski definition) is 4. The molecule has 4 N–H and O–H groups in total. The summed E-state index contributed by atoms with van der Waals surface area (Å²) in [5.41, 5.74) is 1.18. The summed E-state index contributed by atoms with van der Waals surface area (Å²) in [4.78, 5) is 10.9. The first-order chi connectivity index (χ1) is 12.7. The normalized spacial score (nSPS) is 32.8. The molecule has 0 saturated carbocycles. The number of rotatable bonds is 6. The Balaban J connectivity index is 1.93. The third-order valence-corrected chi connectivity index (χ3v) is 4.86. The standard InChI is InChI=1S/C18H23NO8/c1-8-11(25-17-14(23)13(22)16-18(3,26-16)27-17)6-5-10(15(8)24-7-20)12(21)9(2)19-4/h5-7,13-14,16-17,19,21-23H,1-4H3/b12-9-/t13?,14?,16-,17-,18?/m1/s1. The van der Waals surface area contributed by atoms with Crippen molar-refractivity contribution in [1.29, 1.82) is 0 Å².